The van der Waals surface area contributed by atoms with E-state index in [1.807, 2.05) is 0 Å². The van der Waals surface area contributed by atoms with Gasteiger partial charge in [0.2, 0.25) is 0 Å². The largest absolute Gasteiger partial charge is 0.387 e. The van der Waals surface area contributed by atoms with Crippen molar-refractivity contribution in [2.45, 2.75) is 20.0 Å². The quantitative estimate of drug-likeness (QED) is 0.427. The summed E-state index contributed by atoms with van der Waals surface area (Å²) in [4.78, 5) is 11.1. The van der Waals surface area contributed by atoms with Gasteiger partial charge in [0.1, 0.15) is 23.0 Å². The molecule has 10 heteroatoms. The first-order chi connectivity index (χ1) is 14.2. The predicted molar refractivity (Wildman–Crippen MR) is 110 cm³/mol. The molecule has 2 aromatic carbocycles. The zero-order valence-corrected chi connectivity index (χ0v) is 17.2. The number of benzene rings is 2. The number of aliphatic hydroxyl groups excluding tert-OH is 1. The van der Waals surface area contributed by atoms with Crippen LogP contribution in [0.25, 0.3) is 21.8 Å². The van der Waals surface area contributed by atoms with Crippen molar-refractivity contribution < 1.29 is 18.7 Å². The van der Waals surface area contributed by atoms with E-state index >= 15 is 0 Å². The zero-order valence-electron chi connectivity index (χ0n) is 15.7. The van der Waals surface area contributed by atoms with Crippen molar-refractivity contribution in [3.05, 3.63) is 69.5 Å². The Kier molecular flexibility index (Phi) is 6.50. The number of aromatic nitrogens is 4. The fourth-order valence-electron chi connectivity index (χ4n) is 2.60. The van der Waals surface area contributed by atoms with Gasteiger partial charge in [0.25, 0.3) is 0 Å². The lowest BCUT2D eigenvalue weighted by Gasteiger charge is -2.07. The number of Topliss-reactive ketones (excluding diaryl/α,β-unsaturated/α-hetero) is 1. The molecule has 1 unspecified atom stereocenters. The molecule has 0 bridgehead atoms. The Morgan fingerprint density at radius 1 is 0.900 bits per heavy atom. The molecule has 2 heterocycles. The Balaban J connectivity index is 0.000000171. The average Bonchev–Trinajstić information content (AvgIpc) is 2.69. The molecule has 0 amide bonds. The van der Waals surface area contributed by atoms with Crippen molar-refractivity contribution in [3.8, 4) is 0 Å². The van der Waals surface area contributed by atoms with Crippen molar-refractivity contribution in [1.29, 1.82) is 0 Å². The number of carbonyl (C=O) groups is 1. The molecule has 154 valence electrons. The topological polar surface area (TPSA) is 88.9 Å². The van der Waals surface area contributed by atoms with Crippen molar-refractivity contribution in [1.82, 2.24) is 20.4 Å². The lowest BCUT2D eigenvalue weighted by Crippen LogP contribution is -2.01. The average molecular weight is 451 g/mol. The van der Waals surface area contributed by atoms with Gasteiger partial charge in [0.05, 0.1) is 27.2 Å². The van der Waals surface area contributed by atoms with Gasteiger partial charge in [-0.25, -0.2) is 8.78 Å². The van der Waals surface area contributed by atoms with Crippen LogP contribution in [-0.2, 0) is 0 Å². The standard InChI is InChI=1S/C10H8ClFN2O.C10H6ClFN2O/c2*1-5(15)10-9(11)7-4-6(12)2-3-8(7)13-14-10/h2-5,15H,1H3;2-4H,1H3. The number of nitrogens with zero attached hydrogens (tertiary/aromatic N) is 4. The molecule has 1 atom stereocenters. The molecule has 2 aromatic heterocycles. The summed E-state index contributed by atoms with van der Waals surface area (Å²) in [5, 5.41) is 25.7. The van der Waals surface area contributed by atoms with Crippen LogP contribution in [0.2, 0.25) is 10.0 Å². The van der Waals surface area contributed by atoms with Gasteiger partial charge < -0.3 is 5.11 Å². The summed E-state index contributed by atoms with van der Waals surface area (Å²) in [6, 6.07) is 8.02. The van der Waals surface area contributed by atoms with Crippen LogP contribution in [0.15, 0.2) is 36.4 Å². The highest BCUT2D eigenvalue weighted by Gasteiger charge is 2.14. The van der Waals surface area contributed by atoms with E-state index in [-0.39, 0.29) is 27.2 Å². The van der Waals surface area contributed by atoms with Crippen LogP contribution in [0, 0.1) is 11.6 Å². The Labute approximate surface area is 179 Å². The normalized spacial score (nSPS) is 11.8. The number of hydrogen-bond donors (Lipinski definition) is 1. The summed E-state index contributed by atoms with van der Waals surface area (Å²) in [6.45, 7) is 2.86. The molecule has 0 aliphatic carbocycles. The third kappa shape index (κ3) is 4.51. The van der Waals surface area contributed by atoms with Crippen LogP contribution in [0.1, 0.15) is 36.1 Å². The number of aliphatic hydroxyl groups is 1. The lowest BCUT2D eigenvalue weighted by molar-refractivity contribution is 0.101. The van der Waals surface area contributed by atoms with E-state index in [9.17, 15) is 18.7 Å². The van der Waals surface area contributed by atoms with Crippen LogP contribution < -0.4 is 0 Å². The predicted octanol–water partition coefficient (Wildman–Crippen LogP) is 5.10. The number of ketones is 1. The van der Waals surface area contributed by atoms with Crippen LogP contribution >= 0.6 is 23.2 Å². The molecule has 0 aliphatic heterocycles. The minimum atomic E-state index is -0.822. The molecule has 0 radical (unpaired) electrons. The second-order valence-electron chi connectivity index (χ2n) is 6.32. The van der Waals surface area contributed by atoms with E-state index in [1.165, 1.54) is 50.2 Å². The molecule has 4 rings (SSSR count). The molecule has 4 aromatic rings. The molecule has 0 fully saturated rings. The van der Waals surface area contributed by atoms with Crippen LogP contribution in [0.4, 0.5) is 8.78 Å². The Bertz CT molecular complexity index is 1270. The second kappa shape index (κ2) is 8.91. The van der Waals surface area contributed by atoms with E-state index in [4.69, 9.17) is 23.2 Å². The number of hydrogen-bond acceptors (Lipinski definition) is 6. The minimum Gasteiger partial charge on any atom is -0.387 e. The van der Waals surface area contributed by atoms with E-state index in [0.29, 0.717) is 21.8 Å². The van der Waals surface area contributed by atoms with Crippen molar-refractivity contribution in [2.24, 2.45) is 0 Å². The fraction of sp³-hybridized carbons (Fsp3) is 0.150. The molecule has 0 aliphatic rings. The van der Waals surface area contributed by atoms with E-state index in [2.05, 4.69) is 20.4 Å². The molecular weight excluding hydrogens is 437 g/mol. The summed E-state index contributed by atoms with van der Waals surface area (Å²) in [5.41, 5.74) is 1.29. The van der Waals surface area contributed by atoms with Gasteiger partial charge >= 0.3 is 0 Å². The monoisotopic (exact) mass is 450 g/mol. The third-order valence-electron chi connectivity index (χ3n) is 4.08. The van der Waals surface area contributed by atoms with Gasteiger partial charge in [-0.05, 0) is 43.3 Å². The smallest absolute Gasteiger partial charge is 0.181 e. The van der Waals surface area contributed by atoms with Gasteiger partial charge in [0, 0.05) is 17.7 Å². The van der Waals surface area contributed by atoms with E-state index in [0.717, 1.165) is 0 Å². The Morgan fingerprint density at radius 2 is 1.40 bits per heavy atom. The van der Waals surface area contributed by atoms with Gasteiger partial charge in [0.15, 0.2) is 5.78 Å². The molecular formula is C20H14Cl2F2N4O2. The highest BCUT2D eigenvalue weighted by Crippen LogP contribution is 2.28. The Morgan fingerprint density at radius 3 is 1.90 bits per heavy atom. The zero-order chi connectivity index (χ0) is 22.0. The van der Waals surface area contributed by atoms with Gasteiger partial charge in [-0.3, -0.25) is 4.79 Å². The second-order valence-corrected chi connectivity index (χ2v) is 7.07. The first-order valence-electron chi connectivity index (χ1n) is 8.60. The maximum absolute atomic E-state index is 13.0. The van der Waals surface area contributed by atoms with E-state index < -0.39 is 17.7 Å². The summed E-state index contributed by atoms with van der Waals surface area (Å²) in [6.07, 6.45) is -0.822. The fourth-order valence-corrected chi connectivity index (χ4v) is 3.27. The molecule has 0 saturated carbocycles. The molecule has 0 saturated heterocycles. The molecule has 1 N–H and O–H groups in total. The van der Waals surface area contributed by atoms with Gasteiger partial charge in [-0.1, -0.05) is 23.2 Å². The summed E-state index contributed by atoms with van der Waals surface area (Å²) in [7, 11) is 0. The number of halogens is 4. The van der Waals surface area contributed by atoms with Gasteiger partial charge in [-0.15, -0.1) is 10.2 Å². The SMILES string of the molecule is CC(=O)c1nnc2ccc(F)cc2c1Cl.CC(O)c1nnc2ccc(F)cc2c1Cl. The molecule has 30 heavy (non-hydrogen) atoms. The van der Waals surface area contributed by atoms with Crippen LogP contribution in [0.3, 0.4) is 0 Å². The maximum Gasteiger partial charge on any atom is 0.181 e. The molecule has 6 nitrogen and oxygen atoms in total. The Hall–Kier alpha value is -2.81. The van der Waals surface area contributed by atoms with Crippen LogP contribution in [-0.4, -0.2) is 31.3 Å². The van der Waals surface area contributed by atoms with Gasteiger partial charge in [-0.2, -0.15) is 10.2 Å². The third-order valence-corrected chi connectivity index (χ3v) is 4.86. The number of fused-ring (bicyclic) bond motifs is 2. The first-order valence-corrected chi connectivity index (χ1v) is 9.36. The summed E-state index contributed by atoms with van der Waals surface area (Å²) in [5.74, 6) is -1.11. The lowest BCUT2D eigenvalue weighted by atomic mass is 10.1. The highest BCUT2D eigenvalue weighted by atomic mass is 35.5. The summed E-state index contributed by atoms with van der Waals surface area (Å²) < 4.78 is 25.9. The minimum absolute atomic E-state index is 0.0646. The summed E-state index contributed by atoms with van der Waals surface area (Å²) >= 11 is 11.9. The van der Waals surface area contributed by atoms with Crippen molar-refractivity contribution in [3.63, 3.8) is 0 Å². The number of carbonyl (C=O) groups excluding carboxylic acids is 1. The van der Waals surface area contributed by atoms with Crippen molar-refractivity contribution >= 4 is 50.8 Å². The van der Waals surface area contributed by atoms with Crippen LogP contribution in [0.5, 0.6) is 0 Å². The van der Waals surface area contributed by atoms with E-state index in [1.54, 1.807) is 0 Å². The molecule has 0 spiro atoms. The highest BCUT2D eigenvalue weighted by molar-refractivity contribution is 6.38. The van der Waals surface area contributed by atoms with Crippen molar-refractivity contribution in [2.75, 3.05) is 0 Å². The first kappa shape index (κ1) is 21.9. The number of rotatable bonds is 2. The maximum atomic E-state index is 13.0.